The molecule has 4 heteroatoms. The van der Waals surface area contributed by atoms with Gasteiger partial charge in [-0.2, -0.15) is 0 Å². The van der Waals surface area contributed by atoms with Gasteiger partial charge in [-0.25, -0.2) is 0 Å². The molecule has 0 saturated heterocycles. The van der Waals surface area contributed by atoms with Crippen molar-refractivity contribution < 1.29 is 4.74 Å². The third-order valence-corrected chi connectivity index (χ3v) is 4.57. The largest absolute Gasteiger partial charge is 0.497 e. The third kappa shape index (κ3) is 3.85. The molecule has 2 rings (SSSR count). The van der Waals surface area contributed by atoms with E-state index < -0.39 is 0 Å². The molecule has 0 aromatic heterocycles. The number of hydrogen-bond donors (Lipinski definition) is 2. The summed E-state index contributed by atoms with van der Waals surface area (Å²) >= 11 is 5.42. The van der Waals surface area contributed by atoms with E-state index in [2.05, 4.69) is 24.5 Å². The van der Waals surface area contributed by atoms with Crippen LogP contribution in [0.1, 0.15) is 33.1 Å². The normalized spacial score (nSPS) is 25.9. The molecule has 0 spiro atoms. The van der Waals surface area contributed by atoms with Crippen molar-refractivity contribution in [2.75, 3.05) is 12.4 Å². The van der Waals surface area contributed by atoms with Crippen LogP contribution in [0.15, 0.2) is 24.3 Å². The number of thiocarbonyl (C=S) groups is 1. The third-order valence-electron chi connectivity index (χ3n) is 4.35. The fourth-order valence-corrected chi connectivity index (χ4v) is 3.09. The van der Waals surface area contributed by atoms with Gasteiger partial charge in [0.15, 0.2) is 5.11 Å². The lowest BCUT2D eigenvalue weighted by Gasteiger charge is -2.35. The standard InChI is InChI=1S/C16H24N2OS/c1-11-6-4-9-15(12(11)2)18-16(20)17-13-7-5-8-14(10-13)19-3/h5,7-8,10-12,15H,4,6,9H2,1-3H3,(H2,17,18,20)/t11-,12-,15-/m0/s1. The molecule has 110 valence electrons. The molecule has 3 atom stereocenters. The van der Waals surface area contributed by atoms with E-state index in [1.165, 1.54) is 19.3 Å². The topological polar surface area (TPSA) is 33.3 Å². The Bertz CT molecular complexity index is 464. The van der Waals surface area contributed by atoms with Gasteiger partial charge >= 0.3 is 0 Å². The summed E-state index contributed by atoms with van der Waals surface area (Å²) in [5.74, 6) is 2.26. The zero-order chi connectivity index (χ0) is 14.5. The van der Waals surface area contributed by atoms with Gasteiger partial charge in [0.2, 0.25) is 0 Å². The van der Waals surface area contributed by atoms with Crippen LogP contribution in [0.4, 0.5) is 5.69 Å². The quantitative estimate of drug-likeness (QED) is 0.830. The van der Waals surface area contributed by atoms with Crippen molar-refractivity contribution in [3.63, 3.8) is 0 Å². The zero-order valence-electron chi connectivity index (χ0n) is 12.5. The summed E-state index contributed by atoms with van der Waals surface area (Å²) in [4.78, 5) is 0. The lowest BCUT2D eigenvalue weighted by atomic mass is 9.78. The number of rotatable bonds is 3. The number of anilines is 1. The van der Waals surface area contributed by atoms with Crippen LogP contribution < -0.4 is 15.4 Å². The number of methoxy groups -OCH3 is 1. The Morgan fingerprint density at radius 1 is 1.30 bits per heavy atom. The number of nitrogens with one attached hydrogen (secondary N) is 2. The van der Waals surface area contributed by atoms with Gasteiger partial charge < -0.3 is 15.4 Å². The monoisotopic (exact) mass is 292 g/mol. The molecule has 0 bridgehead atoms. The summed E-state index contributed by atoms with van der Waals surface area (Å²) in [6.07, 6.45) is 3.81. The van der Waals surface area contributed by atoms with Crippen molar-refractivity contribution in [3.8, 4) is 5.75 Å². The Hall–Kier alpha value is -1.29. The van der Waals surface area contributed by atoms with Crippen molar-refractivity contribution in [2.45, 2.75) is 39.2 Å². The highest BCUT2D eigenvalue weighted by atomic mass is 32.1. The summed E-state index contributed by atoms with van der Waals surface area (Å²) in [6.45, 7) is 4.65. The minimum atomic E-state index is 0.476. The Kier molecular flexibility index (Phi) is 5.24. The summed E-state index contributed by atoms with van der Waals surface area (Å²) in [6, 6.07) is 8.29. The van der Waals surface area contributed by atoms with Crippen LogP contribution >= 0.6 is 12.2 Å². The second-order valence-electron chi connectivity index (χ2n) is 5.70. The van der Waals surface area contributed by atoms with Gasteiger partial charge in [-0.15, -0.1) is 0 Å². The lowest BCUT2D eigenvalue weighted by molar-refractivity contribution is 0.225. The Morgan fingerprint density at radius 3 is 2.85 bits per heavy atom. The molecule has 1 aromatic rings. The van der Waals surface area contributed by atoms with Crippen LogP contribution in [-0.2, 0) is 0 Å². The first-order valence-corrected chi connectivity index (χ1v) is 7.72. The van der Waals surface area contributed by atoms with Crippen molar-refractivity contribution >= 4 is 23.0 Å². The van der Waals surface area contributed by atoms with Crippen LogP contribution in [0, 0.1) is 11.8 Å². The van der Waals surface area contributed by atoms with Crippen molar-refractivity contribution in [1.29, 1.82) is 0 Å². The molecule has 1 aliphatic carbocycles. The van der Waals surface area contributed by atoms with Crippen LogP contribution in [0.5, 0.6) is 5.75 Å². The van der Waals surface area contributed by atoms with Crippen LogP contribution in [0.2, 0.25) is 0 Å². The van der Waals surface area contributed by atoms with Crippen molar-refractivity contribution in [3.05, 3.63) is 24.3 Å². The van der Waals surface area contributed by atoms with Gasteiger partial charge in [-0.05, 0) is 42.6 Å². The molecule has 1 saturated carbocycles. The van der Waals surface area contributed by atoms with E-state index in [1.54, 1.807) is 7.11 Å². The molecule has 1 fully saturated rings. The SMILES string of the molecule is COc1cccc(NC(=S)N[C@H]2CCC[C@H](C)[C@@H]2C)c1. The Morgan fingerprint density at radius 2 is 2.10 bits per heavy atom. The lowest BCUT2D eigenvalue weighted by Crippen LogP contribution is -2.45. The number of benzene rings is 1. The minimum absolute atomic E-state index is 0.476. The summed E-state index contributed by atoms with van der Waals surface area (Å²) in [5, 5.41) is 7.40. The first-order valence-electron chi connectivity index (χ1n) is 7.31. The fourth-order valence-electron chi connectivity index (χ4n) is 2.82. The van der Waals surface area contributed by atoms with Crippen LogP contribution in [0.3, 0.4) is 0 Å². The summed E-state index contributed by atoms with van der Waals surface area (Å²) in [7, 11) is 1.67. The zero-order valence-corrected chi connectivity index (χ0v) is 13.3. The molecule has 1 aliphatic rings. The van der Waals surface area contributed by atoms with Gasteiger partial charge in [-0.1, -0.05) is 32.8 Å². The second kappa shape index (κ2) is 6.93. The van der Waals surface area contributed by atoms with E-state index in [1.807, 2.05) is 24.3 Å². The molecule has 0 heterocycles. The molecule has 1 aromatic carbocycles. The molecular formula is C16H24N2OS. The summed E-state index contributed by atoms with van der Waals surface area (Å²) in [5.41, 5.74) is 0.957. The van der Waals surface area contributed by atoms with Crippen molar-refractivity contribution in [1.82, 2.24) is 5.32 Å². The van der Waals surface area contributed by atoms with E-state index in [0.717, 1.165) is 17.4 Å². The van der Waals surface area contributed by atoms with Crippen molar-refractivity contribution in [2.24, 2.45) is 11.8 Å². The first kappa shape index (κ1) is 15.1. The molecule has 0 amide bonds. The van der Waals surface area contributed by atoms with Gasteiger partial charge in [0.25, 0.3) is 0 Å². The summed E-state index contributed by atoms with van der Waals surface area (Å²) < 4.78 is 5.21. The highest BCUT2D eigenvalue weighted by Gasteiger charge is 2.27. The van der Waals surface area contributed by atoms with Crippen LogP contribution in [-0.4, -0.2) is 18.3 Å². The van der Waals surface area contributed by atoms with Gasteiger partial charge in [0.1, 0.15) is 5.75 Å². The van der Waals surface area contributed by atoms with E-state index in [4.69, 9.17) is 17.0 Å². The maximum Gasteiger partial charge on any atom is 0.171 e. The van der Waals surface area contributed by atoms with E-state index in [9.17, 15) is 0 Å². The van der Waals surface area contributed by atoms with E-state index in [0.29, 0.717) is 17.1 Å². The maximum absolute atomic E-state index is 5.42. The minimum Gasteiger partial charge on any atom is -0.497 e. The molecule has 0 radical (unpaired) electrons. The predicted octanol–water partition coefficient (Wildman–Crippen LogP) is 3.81. The molecular weight excluding hydrogens is 268 g/mol. The van der Waals surface area contributed by atoms with E-state index in [-0.39, 0.29) is 0 Å². The molecule has 0 aliphatic heterocycles. The number of ether oxygens (including phenoxy) is 1. The van der Waals surface area contributed by atoms with Gasteiger partial charge in [0, 0.05) is 17.8 Å². The predicted molar refractivity (Wildman–Crippen MR) is 88.3 cm³/mol. The highest BCUT2D eigenvalue weighted by molar-refractivity contribution is 7.80. The molecule has 3 nitrogen and oxygen atoms in total. The smallest absolute Gasteiger partial charge is 0.171 e. The fraction of sp³-hybridized carbons (Fsp3) is 0.562. The maximum atomic E-state index is 5.42. The highest BCUT2D eigenvalue weighted by Crippen LogP contribution is 2.29. The first-order chi connectivity index (χ1) is 9.60. The average Bonchev–Trinajstić information content (AvgIpc) is 2.44. The van der Waals surface area contributed by atoms with E-state index >= 15 is 0 Å². The Labute approximate surface area is 127 Å². The molecule has 2 N–H and O–H groups in total. The Balaban J connectivity index is 1.91. The molecule has 0 unspecified atom stereocenters. The number of hydrogen-bond acceptors (Lipinski definition) is 2. The average molecular weight is 292 g/mol. The van der Waals surface area contributed by atoms with Gasteiger partial charge in [0.05, 0.1) is 7.11 Å². The van der Waals surface area contributed by atoms with Gasteiger partial charge in [-0.3, -0.25) is 0 Å². The van der Waals surface area contributed by atoms with Crippen LogP contribution in [0.25, 0.3) is 0 Å². The second-order valence-corrected chi connectivity index (χ2v) is 6.11. The molecule has 20 heavy (non-hydrogen) atoms.